The highest BCUT2D eigenvalue weighted by Crippen LogP contribution is 2.30. The predicted molar refractivity (Wildman–Crippen MR) is 95.6 cm³/mol. The third-order valence-corrected chi connectivity index (χ3v) is 4.86. The highest BCUT2D eigenvalue weighted by atomic mass is 16.1. The molecule has 3 nitrogen and oxygen atoms in total. The zero-order valence-corrected chi connectivity index (χ0v) is 14.8. The molecule has 0 aromatic rings. The topological polar surface area (TPSA) is 41.5 Å². The number of hydrogen-bond donors (Lipinski definition) is 1. The van der Waals surface area contributed by atoms with Crippen LogP contribution in [0.4, 0.5) is 0 Å². The van der Waals surface area contributed by atoms with E-state index in [4.69, 9.17) is 0 Å². The summed E-state index contributed by atoms with van der Waals surface area (Å²) in [6.07, 6.45) is 16.3. The average Bonchev–Trinajstić information content (AvgIpc) is 3.04. The van der Waals surface area contributed by atoms with Crippen LogP contribution >= 0.6 is 0 Å². The number of aldehydes is 1. The van der Waals surface area contributed by atoms with E-state index in [-0.39, 0.29) is 5.41 Å². The maximum Gasteiger partial charge on any atom is 0.120 e. The summed E-state index contributed by atoms with van der Waals surface area (Å²) in [7, 11) is 0. The van der Waals surface area contributed by atoms with Crippen molar-refractivity contribution in [1.82, 2.24) is 5.32 Å². The number of aliphatic imine (C=N–C) groups is 1. The molecule has 3 heteroatoms. The smallest absolute Gasteiger partial charge is 0.120 e. The fraction of sp³-hybridized carbons (Fsp3) is 0.895. The average molecular weight is 309 g/mol. The maximum absolute atomic E-state index is 11.0. The first-order valence-corrected chi connectivity index (χ1v) is 9.45. The minimum absolute atomic E-state index is 0.0571. The summed E-state index contributed by atoms with van der Waals surface area (Å²) in [5.74, 6) is 1.07. The standard InChI is InChI=1S/C19H36N2O/c1-3-4-5-6-7-8-9-10-11-12-13-19(2,14-17-22)18-20-15-16-21-18/h17H,3-16H2,1-2H3,(H,20,21). The molecule has 0 saturated heterocycles. The molecule has 0 bridgehead atoms. The minimum atomic E-state index is -0.0571. The van der Waals surface area contributed by atoms with E-state index in [2.05, 4.69) is 24.2 Å². The van der Waals surface area contributed by atoms with E-state index in [1.807, 2.05) is 0 Å². The highest BCUT2D eigenvalue weighted by molar-refractivity contribution is 5.90. The molecule has 0 aliphatic carbocycles. The van der Waals surface area contributed by atoms with Gasteiger partial charge in [0, 0.05) is 18.4 Å². The molecule has 0 spiro atoms. The van der Waals surface area contributed by atoms with Crippen LogP contribution in [0.25, 0.3) is 0 Å². The Morgan fingerprint density at radius 1 is 1.05 bits per heavy atom. The summed E-state index contributed by atoms with van der Waals surface area (Å²) in [4.78, 5) is 15.5. The normalized spacial score (nSPS) is 16.9. The van der Waals surface area contributed by atoms with Gasteiger partial charge in [-0.1, -0.05) is 78.1 Å². The Hall–Kier alpha value is -0.860. The van der Waals surface area contributed by atoms with Gasteiger partial charge in [-0.3, -0.25) is 4.99 Å². The molecule has 1 N–H and O–H groups in total. The van der Waals surface area contributed by atoms with Crippen LogP contribution in [0, 0.1) is 5.41 Å². The van der Waals surface area contributed by atoms with E-state index in [1.165, 1.54) is 64.2 Å². The molecule has 1 rings (SSSR count). The first kappa shape index (κ1) is 19.2. The van der Waals surface area contributed by atoms with Crippen LogP contribution in [0.3, 0.4) is 0 Å². The lowest BCUT2D eigenvalue weighted by Gasteiger charge is -2.28. The van der Waals surface area contributed by atoms with E-state index in [9.17, 15) is 4.79 Å². The van der Waals surface area contributed by atoms with Gasteiger partial charge in [-0.05, 0) is 6.42 Å². The van der Waals surface area contributed by atoms with Gasteiger partial charge in [0.2, 0.25) is 0 Å². The van der Waals surface area contributed by atoms with Crippen molar-refractivity contribution in [1.29, 1.82) is 0 Å². The number of carbonyl (C=O) groups excluding carboxylic acids is 1. The van der Waals surface area contributed by atoms with Crippen LogP contribution in [-0.2, 0) is 4.79 Å². The summed E-state index contributed by atoms with van der Waals surface area (Å²) in [6.45, 7) is 6.25. The Morgan fingerprint density at radius 2 is 1.64 bits per heavy atom. The Morgan fingerprint density at radius 3 is 2.14 bits per heavy atom. The molecule has 0 saturated carbocycles. The zero-order chi connectivity index (χ0) is 16.1. The highest BCUT2D eigenvalue weighted by Gasteiger charge is 2.31. The Bertz CT molecular complexity index is 327. The number of hydrogen-bond acceptors (Lipinski definition) is 3. The maximum atomic E-state index is 11.0. The van der Waals surface area contributed by atoms with Crippen molar-refractivity contribution >= 4 is 12.1 Å². The predicted octanol–water partition coefficient (Wildman–Crippen LogP) is 4.89. The molecule has 0 fully saturated rings. The second-order valence-corrected chi connectivity index (χ2v) is 7.02. The van der Waals surface area contributed by atoms with Crippen molar-refractivity contribution in [3.63, 3.8) is 0 Å². The van der Waals surface area contributed by atoms with Crippen LogP contribution < -0.4 is 5.32 Å². The number of carbonyl (C=O) groups is 1. The van der Waals surface area contributed by atoms with Crippen LogP contribution in [-0.4, -0.2) is 25.2 Å². The molecule has 1 aliphatic rings. The molecule has 1 unspecified atom stereocenters. The lowest BCUT2D eigenvalue weighted by molar-refractivity contribution is -0.109. The van der Waals surface area contributed by atoms with Gasteiger partial charge in [-0.25, -0.2) is 0 Å². The summed E-state index contributed by atoms with van der Waals surface area (Å²) < 4.78 is 0. The molecule has 1 atom stereocenters. The SMILES string of the molecule is CCCCCCCCCCCCC(C)(CC=O)C1=NCCN1. The van der Waals surface area contributed by atoms with Gasteiger partial charge in [-0.2, -0.15) is 0 Å². The molecular formula is C19H36N2O. The first-order valence-electron chi connectivity index (χ1n) is 9.45. The lowest BCUT2D eigenvalue weighted by Crippen LogP contribution is -2.36. The van der Waals surface area contributed by atoms with Crippen molar-refractivity contribution in [2.24, 2.45) is 10.4 Å². The van der Waals surface area contributed by atoms with Crippen molar-refractivity contribution in [3.05, 3.63) is 0 Å². The molecule has 1 aliphatic heterocycles. The number of unbranched alkanes of at least 4 members (excludes halogenated alkanes) is 9. The molecule has 128 valence electrons. The van der Waals surface area contributed by atoms with Crippen molar-refractivity contribution in [2.45, 2.75) is 90.9 Å². The van der Waals surface area contributed by atoms with E-state index >= 15 is 0 Å². The van der Waals surface area contributed by atoms with Crippen molar-refractivity contribution in [3.8, 4) is 0 Å². The second kappa shape index (κ2) is 11.7. The molecule has 22 heavy (non-hydrogen) atoms. The number of nitrogens with one attached hydrogen (secondary N) is 1. The zero-order valence-electron chi connectivity index (χ0n) is 14.8. The van der Waals surface area contributed by atoms with Gasteiger partial charge in [0.15, 0.2) is 0 Å². The summed E-state index contributed by atoms with van der Waals surface area (Å²) in [5, 5.41) is 3.36. The fourth-order valence-electron chi connectivity index (χ4n) is 3.31. The van der Waals surface area contributed by atoms with E-state index in [0.29, 0.717) is 6.42 Å². The Kier molecular flexibility index (Phi) is 10.2. The van der Waals surface area contributed by atoms with Gasteiger partial charge in [0.25, 0.3) is 0 Å². The van der Waals surface area contributed by atoms with E-state index < -0.39 is 0 Å². The molecule has 1 heterocycles. The van der Waals surface area contributed by atoms with Crippen LogP contribution in [0.15, 0.2) is 4.99 Å². The number of amidine groups is 1. The molecule has 0 radical (unpaired) electrons. The van der Waals surface area contributed by atoms with Crippen molar-refractivity contribution < 1.29 is 4.79 Å². The molecule has 0 aromatic heterocycles. The summed E-state index contributed by atoms with van der Waals surface area (Å²) in [5.41, 5.74) is -0.0571. The Balaban J connectivity index is 2.07. The first-order chi connectivity index (χ1) is 10.7. The molecular weight excluding hydrogens is 272 g/mol. The fourth-order valence-corrected chi connectivity index (χ4v) is 3.31. The third-order valence-electron chi connectivity index (χ3n) is 4.86. The van der Waals surface area contributed by atoms with Gasteiger partial charge < -0.3 is 10.1 Å². The Labute approximate surface area is 137 Å². The van der Waals surface area contributed by atoms with Gasteiger partial charge in [0.1, 0.15) is 12.1 Å². The quantitative estimate of drug-likeness (QED) is 0.366. The summed E-state index contributed by atoms with van der Waals surface area (Å²) >= 11 is 0. The second-order valence-electron chi connectivity index (χ2n) is 7.02. The van der Waals surface area contributed by atoms with Crippen LogP contribution in [0.5, 0.6) is 0 Å². The van der Waals surface area contributed by atoms with Crippen molar-refractivity contribution in [2.75, 3.05) is 13.1 Å². The van der Waals surface area contributed by atoms with Crippen LogP contribution in [0.1, 0.15) is 90.9 Å². The van der Waals surface area contributed by atoms with Gasteiger partial charge in [-0.15, -0.1) is 0 Å². The van der Waals surface area contributed by atoms with Crippen LogP contribution in [0.2, 0.25) is 0 Å². The number of nitrogens with zero attached hydrogens (tertiary/aromatic N) is 1. The molecule has 0 amide bonds. The number of rotatable bonds is 14. The van der Waals surface area contributed by atoms with E-state index in [0.717, 1.165) is 31.6 Å². The van der Waals surface area contributed by atoms with E-state index in [1.54, 1.807) is 0 Å². The van der Waals surface area contributed by atoms with Gasteiger partial charge in [0.05, 0.1) is 6.54 Å². The summed E-state index contributed by atoms with van der Waals surface area (Å²) in [6, 6.07) is 0. The largest absolute Gasteiger partial charge is 0.372 e. The monoisotopic (exact) mass is 308 g/mol. The minimum Gasteiger partial charge on any atom is -0.372 e. The molecule has 0 aromatic carbocycles. The lowest BCUT2D eigenvalue weighted by atomic mass is 9.80. The van der Waals surface area contributed by atoms with Gasteiger partial charge >= 0.3 is 0 Å². The third kappa shape index (κ3) is 7.42.